The fourth-order valence-electron chi connectivity index (χ4n) is 3.10. The van der Waals surface area contributed by atoms with Crippen molar-refractivity contribution in [3.63, 3.8) is 0 Å². The van der Waals surface area contributed by atoms with Gasteiger partial charge in [0.05, 0.1) is 24.2 Å². The van der Waals surface area contributed by atoms with E-state index in [4.69, 9.17) is 9.47 Å². The van der Waals surface area contributed by atoms with Gasteiger partial charge in [0.15, 0.2) is 11.5 Å². The molecule has 3 rings (SSSR count). The van der Waals surface area contributed by atoms with Crippen molar-refractivity contribution in [2.75, 3.05) is 19.8 Å². The highest BCUT2D eigenvalue weighted by Crippen LogP contribution is 2.35. The summed E-state index contributed by atoms with van der Waals surface area (Å²) in [6.45, 7) is 7.19. The molecule has 7 nitrogen and oxygen atoms in total. The van der Waals surface area contributed by atoms with Crippen LogP contribution in [-0.2, 0) is 14.8 Å². The summed E-state index contributed by atoms with van der Waals surface area (Å²) in [5, 5.41) is 5.01. The smallest absolute Gasteiger partial charge is 0.240 e. The van der Waals surface area contributed by atoms with Gasteiger partial charge in [-0.15, -0.1) is 11.3 Å². The van der Waals surface area contributed by atoms with Gasteiger partial charge in [0.2, 0.25) is 15.9 Å². The Kier molecular flexibility index (Phi) is 7.05. The van der Waals surface area contributed by atoms with Crippen LogP contribution in [0.4, 0.5) is 0 Å². The number of nitrogens with one attached hydrogen (secondary N) is 2. The fourth-order valence-corrected chi connectivity index (χ4v) is 5.16. The van der Waals surface area contributed by atoms with Crippen molar-refractivity contribution >= 4 is 27.3 Å². The molecule has 1 aliphatic rings. The van der Waals surface area contributed by atoms with E-state index in [-0.39, 0.29) is 35.2 Å². The molecule has 1 atom stereocenters. The summed E-state index contributed by atoms with van der Waals surface area (Å²) in [7, 11) is -3.76. The van der Waals surface area contributed by atoms with Crippen LogP contribution < -0.4 is 19.5 Å². The van der Waals surface area contributed by atoms with E-state index in [1.54, 1.807) is 17.4 Å². The van der Waals surface area contributed by atoms with E-state index in [0.717, 1.165) is 11.3 Å². The van der Waals surface area contributed by atoms with Crippen molar-refractivity contribution in [2.24, 2.45) is 5.41 Å². The van der Waals surface area contributed by atoms with Gasteiger partial charge in [-0.2, -0.15) is 0 Å². The number of carbonyl (C=O) groups excluding carboxylic acids is 1. The summed E-state index contributed by atoms with van der Waals surface area (Å²) in [6.07, 6.45) is 0.785. The molecule has 0 bridgehead atoms. The van der Waals surface area contributed by atoms with Crippen LogP contribution in [0.3, 0.4) is 0 Å². The molecule has 1 unspecified atom stereocenters. The van der Waals surface area contributed by atoms with Gasteiger partial charge in [0.25, 0.3) is 0 Å². The summed E-state index contributed by atoms with van der Waals surface area (Å²) in [6, 6.07) is 8.33. The molecule has 0 saturated heterocycles. The number of ether oxygens (including phenoxy) is 2. The van der Waals surface area contributed by atoms with Gasteiger partial charge in [0, 0.05) is 30.3 Å². The van der Waals surface area contributed by atoms with Crippen molar-refractivity contribution < 1.29 is 22.7 Å². The Bertz CT molecular complexity index is 966. The number of thiophene rings is 1. The topological polar surface area (TPSA) is 93.7 Å². The molecule has 9 heteroatoms. The van der Waals surface area contributed by atoms with Crippen molar-refractivity contribution in [2.45, 2.75) is 44.6 Å². The number of fused-ring (bicyclic) bond motifs is 1. The van der Waals surface area contributed by atoms with Gasteiger partial charge in [-0.3, -0.25) is 4.79 Å². The molecule has 2 N–H and O–H groups in total. The largest absolute Gasteiger partial charge is 0.490 e. The van der Waals surface area contributed by atoms with Crippen LogP contribution in [0.5, 0.6) is 11.5 Å². The first-order valence-electron chi connectivity index (χ1n) is 9.89. The molecular weight excluding hydrogens is 424 g/mol. The van der Waals surface area contributed by atoms with Crippen LogP contribution in [0, 0.1) is 5.41 Å². The van der Waals surface area contributed by atoms with Gasteiger partial charge in [-0.25, -0.2) is 13.1 Å². The minimum absolute atomic E-state index is 0.00388. The first-order chi connectivity index (χ1) is 14.2. The Labute approximate surface area is 181 Å². The summed E-state index contributed by atoms with van der Waals surface area (Å²) in [4.78, 5) is 13.6. The van der Waals surface area contributed by atoms with Crippen LogP contribution >= 0.6 is 11.3 Å². The highest BCUT2D eigenvalue weighted by Gasteiger charge is 2.28. The third kappa shape index (κ3) is 5.74. The Morgan fingerprint density at radius 1 is 1.17 bits per heavy atom. The lowest BCUT2D eigenvalue weighted by atomic mass is 9.85. The zero-order valence-corrected chi connectivity index (χ0v) is 19.1. The first kappa shape index (κ1) is 22.6. The minimum atomic E-state index is -3.76. The molecule has 0 saturated carbocycles. The zero-order valence-electron chi connectivity index (χ0n) is 17.4. The third-order valence-electron chi connectivity index (χ3n) is 4.67. The first-order valence-corrected chi connectivity index (χ1v) is 12.3. The third-order valence-corrected chi connectivity index (χ3v) is 7.07. The standard InChI is InChI=1S/C21H28N2O5S2/c1-21(2,3)20(18-6-4-13-29-18)23-19(24)9-10-22-30(25,26)15-7-8-16-17(14-15)28-12-5-11-27-16/h4,6-8,13-14,20,22H,5,9-12H2,1-3H3,(H,23,24). The molecule has 0 fully saturated rings. The maximum atomic E-state index is 12.6. The average molecular weight is 453 g/mol. The monoisotopic (exact) mass is 452 g/mol. The predicted molar refractivity (Wildman–Crippen MR) is 117 cm³/mol. The van der Waals surface area contributed by atoms with Gasteiger partial charge >= 0.3 is 0 Å². The number of amides is 1. The minimum Gasteiger partial charge on any atom is -0.490 e. The second kappa shape index (κ2) is 9.36. The normalized spacial score (nSPS) is 15.3. The van der Waals surface area contributed by atoms with E-state index in [1.807, 2.05) is 17.5 Å². The van der Waals surface area contributed by atoms with Gasteiger partial charge in [-0.1, -0.05) is 26.8 Å². The summed E-state index contributed by atoms with van der Waals surface area (Å²) >= 11 is 1.59. The van der Waals surface area contributed by atoms with E-state index in [0.29, 0.717) is 24.7 Å². The summed E-state index contributed by atoms with van der Waals surface area (Å²) in [5.74, 6) is 0.745. The van der Waals surface area contributed by atoms with Crippen molar-refractivity contribution in [1.29, 1.82) is 0 Å². The molecule has 2 heterocycles. The predicted octanol–water partition coefficient (Wildman–Crippen LogP) is 3.48. The lowest BCUT2D eigenvalue weighted by Gasteiger charge is -2.30. The van der Waals surface area contributed by atoms with Crippen molar-refractivity contribution in [3.05, 3.63) is 40.6 Å². The van der Waals surface area contributed by atoms with Crippen molar-refractivity contribution in [3.8, 4) is 11.5 Å². The second-order valence-electron chi connectivity index (χ2n) is 8.19. The number of sulfonamides is 1. The molecule has 1 aromatic carbocycles. The van der Waals surface area contributed by atoms with E-state index in [2.05, 4.69) is 30.8 Å². The Morgan fingerprint density at radius 2 is 1.90 bits per heavy atom. The quantitative estimate of drug-likeness (QED) is 0.671. The molecule has 30 heavy (non-hydrogen) atoms. The number of hydrogen-bond donors (Lipinski definition) is 2. The molecule has 0 radical (unpaired) electrons. The molecule has 1 amide bonds. The van der Waals surface area contributed by atoms with Gasteiger partial charge in [0.1, 0.15) is 0 Å². The fraction of sp³-hybridized carbons (Fsp3) is 0.476. The molecular formula is C21H28N2O5S2. The van der Waals surface area contributed by atoms with Crippen LogP contribution in [0.15, 0.2) is 40.6 Å². The molecule has 2 aromatic rings. The van der Waals surface area contributed by atoms with E-state index in [9.17, 15) is 13.2 Å². The molecule has 0 spiro atoms. The SMILES string of the molecule is CC(C)(C)C(NC(=O)CCNS(=O)(=O)c1ccc2c(c1)OCCCO2)c1cccs1. The van der Waals surface area contributed by atoms with Crippen LogP contribution in [0.25, 0.3) is 0 Å². The second-order valence-corrected chi connectivity index (χ2v) is 10.9. The maximum Gasteiger partial charge on any atom is 0.240 e. The Hall–Kier alpha value is -2.10. The van der Waals surface area contributed by atoms with Crippen LogP contribution in [0.2, 0.25) is 0 Å². The molecule has 1 aromatic heterocycles. The number of carbonyl (C=O) groups is 1. The average Bonchev–Trinajstić information content (AvgIpc) is 3.09. The van der Waals surface area contributed by atoms with E-state index >= 15 is 0 Å². The Balaban J connectivity index is 1.58. The van der Waals surface area contributed by atoms with Gasteiger partial charge < -0.3 is 14.8 Å². The van der Waals surface area contributed by atoms with Crippen LogP contribution in [0.1, 0.15) is 44.5 Å². The summed E-state index contributed by atoms with van der Waals surface area (Å²) < 4.78 is 38.8. The van der Waals surface area contributed by atoms with Crippen molar-refractivity contribution in [1.82, 2.24) is 10.0 Å². The van der Waals surface area contributed by atoms with E-state index < -0.39 is 10.0 Å². The van der Waals surface area contributed by atoms with Crippen LogP contribution in [-0.4, -0.2) is 34.1 Å². The molecule has 0 aliphatic carbocycles. The summed E-state index contributed by atoms with van der Waals surface area (Å²) in [5.41, 5.74) is -0.163. The Morgan fingerprint density at radius 3 is 2.57 bits per heavy atom. The van der Waals surface area contributed by atoms with E-state index in [1.165, 1.54) is 12.1 Å². The number of rotatable bonds is 7. The molecule has 164 valence electrons. The highest BCUT2D eigenvalue weighted by atomic mass is 32.2. The lowest BCUT2D eigenvalue weighted by Crippen LogP contribution is -2.38. The zero-order chi connectivity index (χ0) is 21.8. The maximum absolute atomic E-state index is 12.6. The number of benzene rings is 1. The lowest BCUT2D eigenvalue weighted by molar-refractivity contribution is -0.122. The highest BCUT2D eigenvalue weighted by molar-refractivity contribution is 7.89. The van der Waals surface area contributed by atoms with Gasteiger partial charge in [-0.05, 0) is 29.0 Å². The molecule has 1 aliphatic heterocycles. The number of hydrogen-bond acceptors (Lipinski definition) is 6.